The van der Waals surface area contributed by atoms with E-state index in [2.05, 4.69) is 0 Å². The number of hydrazine groups is 1. The molecule has 2 rings (SSSR count). The van der Waals surface area contributed by atoms with Gasteiger partial charge in [-0.2, -0.15) is 0 Å². The van der Waals surface area contributed by atoms with Crippen LogP contribution in [-0.4, -0.2) is 5.91 Å². The third-order valence-electron chi connectivity index (χ3n) is 3.08. The molecular weight excluding hydrogens is 339 g/mol. The molecule has 3 nitrogen and oxygen atoms in total. The van der Waals surface area contributed by atoms with E-state index in [0.29, 0.717) is 6.42 Å². The molecule has 1 heterocycles. The van der Waals surface area contributed by atoms with Crippen LogP contribution in [0, 0.1) is 36.0 Å². The number of aryl methyl sites for hydroxylation is 2. The molecule has 0 aliphatic rings. The van der Waals surface area contributed by atoms with Crippen molar-refractivity contribution in [1.29, 1.82) is 0 Å². The lowest BCUT2D eigenvalue weighted by atomic mass is 10.2. The second kappa shape index (κ2) is 6.53. The summed E-state index contributed by atoms with van der Waals surface area (Å²) in [5.41, 5.74) is 3.22. The highest BCUT2D eigenvalue weighted by Crippen LogP contribution is 2.27. The molecule has 0 fully saturated rings. The SMILES string of the molecule is CCc1sc(C(=O)NNc2c(F)c(F)c(F)c(F)c2F)cc1C. The molecule has 0 saturated carbocycles. The number of anilines is 1. The van der Waals surface area contributed by atoms with Crippen LogP contribution in [0.4, 0.5) is 27.6 Å². The summed E-state index contributed by atoms with van der Waals surface area (Å²) >= 11 is 1.17. The predicted molar refractivity (Wildman–Crippen MR) is 75.8 cm³/mol. The number of amides is 1. The molecule has 0 aliphatic heterocycles. The molecule has 0 radical (unpaired) electrons. The summed E-state index contributed by atoms with van der Waals surface area (Å²) < 4.78 is 65.9. The topological polar surface area (TPSA) is 41.1 Å². The van der Waals surface area contributed by atoms with Crippen LogP contribution in [0.2, 0.25) is 0 Å². The molecule has 124 valence electrons. The Morgan fingerprint density at radius 3 is 2.04 bits per heavy atom. The van der Waals surface area contributed by atoms with Crippen LogP contribution in [-0.2, 0) is 6.42 Å². The van der Waals surface area contributed by atoms with Crippen molar-refractivity contribution in [2.75, 3.05) is 5.43 Å². The fourth-order valence-corrected chi connectivity index (χ4v) is 2.89. The van der Waals surface area contributed by atoms with Crippen molar-refractivity contribution in [3.8, 4) is 0 Å². The average molecular weight is 350 g/mol. The maximum Gasteiger partial charge on any atom is 0.279 e. The Labute approximate surface area is 132 Å². The molecule has 23 heavy (non-hydrogen) atoms. The maximum absolute atomic E-state index is 13.4. The van der Waals surface area contributed by atoms with Crippen molar-refractivity contribution >= 4 is 22.9 Å². The van der Waals surface area contributed by atoms with E-state index in [9.17, 15) is 26.7 Å². The minimum Gasteiger partial charge on any atom is -0.293 e. The minimum atomic E-state index is -2.27. The smallest absolute Gasteiger partial charge is 0.279 e. The summed E-state index contributed by atoms with van der Waals surface area (Å²) in [5.74, 6) is -11.3. The van der Waals surface area contributed by atoms with Crippen LogP contribution in [0.1, 0.15) is 27.0 Å². The molecule has 1 aromatic carbocycles. The van der Waals surface area contributed by atoms with Gasteiger partial charge in [0, 0.05) is 4.88 Å². The van der Waals surface area contributed by atoms with Crippen LogP contribution in [0.3, 0.4) is 0 Å². The van der Waals surface area contributed by atoms with Gasteiger partial charge >= 0.3 is 0 Å². The van der Waals surface area contributed by atoms with Gasteiger partial charge in [-0.3, -0.25) is 15.6 Å². The summed E-state index contributed by atoms with van der Waals surface area (Å²) in [6.07, 6.45) is 0.703. The fourth-order valence-electron chi connectivity index (χ4n) is 1.88. The molecule has 2 N–H and O–H groups in total. The Kier molecular flexibility index (Phi) is 4.88. The van der Waals surface area contributed by atoms with Crippen LogP contribution in [0.25, 0.3) is 0 Å². The van der Waals surface area contributed by atoms with Crippen molar-refractivity contribution < 1.29 is 26.7 Å². The summed E-state index contributed by atoms with van der Waals surface area (Å²) in [6.45, 7) is 3.69. The molecule has 2 aromatic rings. The van der Waals surface area contributed by atoms with Crippen molar-refractivity contribution in [1.82, 2.24) is 5.43 Å². The van der Waals surface area contributed by atoms with E-state index in [1.165, 1.54) is 11.3 Å². The van der Waals surface area contributed by atoms with E-state index in [-0.39, 0.29) is 4.88 Å². The van der Waals surface area contributed by atoms with E-state index in [1.807, 2.05) is 12.3 Å². The zero-order chi connectivity index (χ0) is 17.3. The summed E-state index contributed by atoms with van der Waals surface area (Å²) in [7, 11) is 0. The summed E-state index contributed by atoms with van der Waals surface area (Å²) in [4.78, 5) is 13.1. The second-order valence-electron chi connectivity index (χ2n) is 4.59. The normalized spacial score (nSPS) is 10.7. The van der Waals surface area contributed by atoms with Gasteiger partial charge in [0.25, 0.3) is 5.91 Å². The minimum absolute atomic E-state index is 0.246. The first kappa shape index (κ1) is 17.2. The first-order chi connectivity index (χ1) is 10.8. The lowest BCUT2D eigenvalue weighted by Crippen LogP contribution is -2.30. The van der Waals surface area contributed by atoms with E-state index in [4.69, 9.17) is 0 Å². The Hall–Kier alpha value is -2.16. The van der Waals surface area contributed by atoms with Crippen LogP contribution in [0.5, 0.6) is 0 Å². The first-order valence-corrected chi connectivity index (χ1v) is 7.26. The van der Waals surface area contributed by atoms with Gasteiger partial charge in [0.2, 0.25) is 5.82 Å². The molecule has 1 amide bonds. The Morgan fingerprint density at radius 1 is 1.04 bits per heavy atom. The zero-order valence-corrected chi connectivity index (χ0v) is 12.8. The first-order valence-electron chi connectivity index (χ1n) is 6.45. The van der Waals surface area contributed by atoms with Gasteiger partial charge in [-0.15, -0.1) is 11.3 Å². The highest BCUT2D eigenvalue weighted by atomic mass is 32.1. The summed E-state index contributed by atoms with van der Waals surface area (Å²) in [6, 6.07) is 1.57. The number of carbonyl (C=O) groups is 1. The number of benzene rings is 1. The Balaban J connectivity index is 2.22. The third kappa shape index (κ3) is 3.14. The molecule has 9 heteroatoms. The number of carbonyl (C=O) groups excluding carboxylic acids is 1. The largest absolute Gasteiger partial charge is 0.293 e. The summed E-state index contributed by atoms with van der Waals surface area (Å²) in [5, 5.41) is 0. The number of hydrogen-bond acceptors (Lipinski definition) is 3. The van der Waals surface area contributed by atoms with Gasteiger partial charge < -0.3 is 0 Å². The van der Waals surface area contributed by atoms with Crippen molar-refractivity contribution in [2.45, 2.75) is 20.3 Å². The fraction of sp³-hybridized carbons (Fsp3) is 0.214. The monoisotopic (exact) mass is 350 g/mol. The van der Waals surface area contributed by atoms with Gasteiger partial charge in [-0.1, -0.05) is 6.92 Å². The van der Waals surface area contributed by atoms with Gasteiger partial charge in [0.15, 0.2) is 23.3 Å². The third-order valence-corrected chi connectivity index (χ3v) is 4.46. The lowest BCUT2D eigenvalue weighted by molar-refractivity contribution is 0.0966. The maximum atomic E-state index is 13.4. The van der Waals surface area contributed by atoms with Crippen molar-refractivity contribution in [3.05, 3.63) is 50.5 Å². The van der Waals surface area contributed by atoms with Gasteiger partial charge in [0.05, 0.1) is 4.88 Å². The molecule has 0 aliphatic carbocycles. The molecular formula is C14H11F5N2OS. The van der Waals surface area contributed by atoms with E-state index in [1.54, 1.807) is 18.4 Å². The van der Waals surface area contributed by atoms with E-state index >= 15 is 0 Å². The van der Waals surface area contributed by atoms with Crippen LogP contribution < -0.4 is 10.9 Å². The Morgan fingerprint density at radius 2 is 1.57 bits per heavy atom. The van der Waals surface area contributed by atoms with Crippen LogP contribution >= 0.6 is 11.3 Å². The molecule has 0 spiro atoms. The molecule has 0 saturated heterocycles. The molecule has 0 unspecified atom stereocenters. The highest BCUT2D eigenvalue weighted by molar-refractivity contribution is 7.14. The zero-order valence-electron chi connectivity index (χ0n) is 12.0. The molecule has 0 bridgehead atoms. The van der Waals surface area contributed by atoms with Crippen molar-refractivity contribution in [3.63, 3.8) is 0 Å². The number of rotatable bonds is 4. The Bertz CT molecular complexity index is 746. The lowest BCUT2D eigenvalue weighted by Gasteiger charge is -2.11. The highest BCUT2D eigenvalue weighted by Gasteiger charge is 2.26. The number of nitrogens with one attached hydrogen (secondary N) is 2. The average Bonchev–Trinajstić information content (AvgIpc) is 2.92. The second-order valence-corrected chi connectivity index (χ2v) is 5.73. The number of hydrogen-bond donors (Lipinski definition) is 2. The van der Waals surface area contributed by atoms with Crippen LogP contribution in [0.15, 0.2) is 6.07 Å². The van der Waals surface area contributed by atoms with E-state index in [0.717, 1.165) is 10.4 Å². The van der Waals surface area contributed by atoms with E-state index < -0.39 is 40.7 Å². The van der Waals surface area contributed by atoms with Gasteiger partial charge in [0.1, 0.15) is 5.69 Å². The molecule has 1 aromatic heterocycles. The standard InChI is InChI=1S/C14H11F5N2OS/c1-3-6-5(2)4-7(23-6)14(22)21-20-13-11(18)9(16)8(15)10(17)12(13)19/h4,20H,3H2,1-2H3,(H,21,22). The molecule has 0 atom stereocenters. The number of halogens is 5. The van der Waals surface area contributed by atoms with Gasteiger partial charge in [-0.25, -0.2) is 22.0 Å². The quantitative estimate of drug-likeness (QED) is 0.378. The van der Waals surface area contributed by atoms with Gasteiger partial charge in [-0.05, 0) is 25.0 Å². The predicted octanol–water partition coefficient (Wildman–Crippen LogP) is 4.07. The van der Waals surface area contributed by atoms with Crippen molar-refractivity contribution in [2.24, 2.45) is 0 Å². The number of thiophene rings is 1.